The quantitative estimate of drug-likeness (QED) is 0.629. The highest BCUT2D eigenvalue weighted by Crippen LogP contribution is 2.10. The number of nitrogens with zero attached hydrogens (tertiary/aromatic N) is 2. The summed E-state index contributed by atoms with van der Waals surface area (Å²) in [6, 6.07) is 18.0. The van der Waals surface area contributed by atoms with Crippen molar-refractivity contribution in [2.45, 2.75) is 19.9 Å². The van der Waals surface area contributed by atoms with Crippen LogP contribution in [0.4, 0.5) is 5.69 Å². The molecule has 0 aromatic heterocycles. The normalized spacial score (nSPS) is 11.1. The fourth-order valence-electron chi connectivity index (χ4n) is 2.55. The summed E-state index contributed by atoms with van der Waals surface area (Å²) in [6.07, 6.45) is 0.943. The van der Waals surface area contributed by atoms with Gasteiger partial charge in [-0.25, -0.2) is 0 Å². The van der Waals surface area contributed by atoms with Crippen LogP contribution in [0.2, 0.25) is 0 Å². The van der Waals surface area contributed by atoms with Crippen molar-refractivity contribution >= 4 is 17.6 Å². The molecule has 0 aliphatic carbocycles. The zero-order chi connectivity index (χ0) is 18.1. The molecule has 132 valence electrons. The van der Waals surface area contributed by atoms with E-state index >= 15 is 0 Å². The molecule has 2 rings (SSSR count). The largest absolute Gasteiger partial charge is 0.347 e. The van der Waals surface area contributed by atoms with E-state index in [1.807, 2.05) is 54.4 Å². The van der Waals surface area contributed by atoms with Gasteiger partial charge in [-0.15, -0.1) is 0 Å². The van der Waals surface area contributed by atoms with Crippen molar-refractivity contribution in [3.8, 4) is 0 Å². The highest BCUT2D eigenvalue weighted by molar-refractivity contribution is 5.95. The Balaban J connectivity index is 1.86. The van der Waals surface area contributed by atoms with Gasteiger partial charge < -0.3 is 15.5 Å². The van der Waals surface area contributed by atoms with Gasteiger partial charge in [0.1, 0.15) is 0 Å². The van der Waals surface area contributed by atoms with Crippen LogP contribution in [0.25, 0.3) is 0 Å². The van der Waals surface area contributed by atoms with Gasteiger partial charge in [0.2, 0.25) is 5.91 Å². The number of aryl methyl sites for hydroxylation is 1. The molecule has 5 nitrogen and oxygen atoms in total. The second-order valence-corrected chi connectivity index (χ2v) is 5.84. The Morgan fingerprint density at radius 3 is 2.48 bits per heavy atom. The summed E-state index contributed by atoms with van der Waals surface area (Å²) in [5.41, 5.74) is 3.21. The molecule has 0 unspecified atom stereocenters. The number of hydrogen-bond acceptors (Lipinski definition) is 2. The van der Waals surface area contributed by atoms with Gasteiger partial charge >= 0.3 is 0 Å². The molecule has 2 aromatic carbocycles. The standard InChI is InChI=1S/C20H26N4O/c1-4-16-11-8-12-18(13-16)23-19(25)14-22-20(21-2)24(3)15-17-9-6-5-7-10-17/h5-13H,4,14-15H2,1-3H3,(H,21,22)(H,23,25). The summed E-state index contributed by atoms with van der Waals surface area (Å²) in [5.74, 6) is 0.587. The van der Waals surface area contributed by atoms with Crippen LogP contribution in [0, 0.1) is 0 Å². The third kappa shape index (κ3) is 5.95. The SMILES string of the molecule is CCc1cccc(NC(=O)CNC(=NC)N(C)Cc2ccccc2)c1. The first kappa shape index (κ1) is 18.5. The van der Waals surface area contributed by atoms with E-state index in [1.54, 1.807) is 7.05 Å². The van der Waals surface area contributed by atoms with Crippen LogP contribution in [-0.4, -0.2) is 37.4 Å². The van der Waals surface area contributed by atoms with Gasteiger partial charge in [0.25, 0.3) is 0 Å². The van der Waals surface area contributed by atoms with E-state index in [-0.39, 0.29) is 12.5 Å². The average molecular weight is 338 g/mol. The van der Waals surface area contributed by atoms with E-state index in [2.05, 4.69) is 34.7 Å². The Hall–Kier alpha value is -2.82. The van der Waals surface area contributed by atoms with Crippen molar-refractivity contribution in [2.75, 3.05) is 26.0 Å². The first-order valence-corrected chi connectivity index (χ1v) is 8.47. The van der Waals surface area contributed by atoms with Gasteiger partial charge in [0.05, 0.1) is 6.54 Å². The predicted octanol–water partition coefficient (Wildman–Crippen LogP) is 2.89. The molecular formula is C20H26N4O. The summed E-state index contributed by atoms with van der Waals surface area (Å²) in [5, 5.41) is 6.01. The summed E-state index contributed by atoms with van der Waals surface area (Å²) < 4.78 is 0. The van der Waals surface area contributed by atoms with Gasteiger partial charge in [-0.05, 0) is 29.7 Å². The number of aliphatic imine (C=N–C) groups is 1. The molecule has 2 N–H and O–H groups in total. The van der Waals surface area contributed by atoms with E-state index in [4.69, 9.17) is 0 Å². The minimum absolute atomic E-state index is 0.0949. The molecule has 2 aromatic rings. The number of anilines is 1. The highest BCUT2D eigenvalue weighted by Gasteiger charge is 2.09. The average Bonchev–Trinajstić information content (AvgIpc) is 2.63. The number of guanidine groups is 1. The second-order valence-electron chi connectivity index (χ2n) is 5.84. The number of carbonyl (C=O) groups excluding carboxylic acids is 1. The van der Waals surface area contributed by atoms with Crippen molar-refractivity contribution in [3.63, 3.8) is 0 Å². The number of carbonyl (C=O) groups is 1. The smallest absolute Gasteiger partial charge is 0.243 e. The van der Waals surface area contributed by atoms with Crippen molar-refractivity contribution in [1.82, 2.24) is 10.2 Å². The molecule has 0 radical (unpaired) electrons. The van der Waals surface area contributed by atoms with E-state index < -0.39 is 0 Å². The Morgan fingerprint density at radius 2 is 1.80 bits per heavy atom. The zero-order valence-corrected chi connectivity index (χ0v) is 15.1. The maximum atomic E-state index is 12.2. The van der Waals surface area contributed by atoms with Crippen LogP contribution in [0.15, 0.2) is 59.6 Å². The maximum Gasteiger partial charge on any atom is 0.243 e. The van der Waals surface area contributed by atoms with Crippen LogP contribution < -0.4 is 10.6 Å². The Kier molecular flexibility index (Phi) is 7.01. The maximum absolute atomic E-state index is 12.2. The minimum atomic E-state index is -0.0949. The van der Waals surface area contributed by atoms with Crippen LogP contribution in [0.5, 0.6) is 0 Å². The fraction of sp³-hybridized carbons (Fsp3) is 0.300. The lowest BCUT2D eigenvalue weighted by Gasteiger charge is -2.22. The molecule has 1 amide bonds. The van der Waals surface area contributed by atoms with Gasteiger partial charge in [-0.2, -0.15) is 0 Å². The van der Waals surface area contributed by atoms with Crippen molar-refractivity contribution in [3.05, 3.63) is 65.7 Å². The third-order valence-corrected chi connectivity index (χ3v) is 3.86. The predicted molar refractivity (Wildman–Crippen MR) is 104 cm³/mol. The molecule has 5 heteroatoms. The van der Waals surface area contributed by atoms with Crippen LogP contribution >= 0.6 is 0 Å². The number of amides is 1. The van der Waals surface area contributed by atoms with Crippen LogP contribution in [0.3, 0.4) is 0 Å². The number of hydrogen-bond donors (Lipinski definition) is 2. The molecule has 0 aliphatic rings. The lowest BCUT2D eigenvalue weighted by Crippen LogP contribution is -2.42. The van der Waals surface area contributed by atoms with Crippen LogP contribution in [-0.2, 0) is 17.8 Å². The summed E-state index contributed by atoms with van der Waals surface area (Å²) in [7, 11) is 3.66. The molecule has 25 heavy (non-hydrogen) atoms. The minimum Gasteiger partial charge on any atom is -0.347 e. The Morgan fingerprint density at radius 1 is 1.08 bits per heavy atom. The first-order valence-electron chi connectivity index (χ1n) is 8.47. The van der Waals surface area contributed by atoms with Crippen molar-refractivity contribution < 1.29 is 4.79 Å². The van der Waals surface area contributed by atoms with Gasteiger partial charge in [0.15, 0.2) is 5.96 Å². The summed E-state index contributed by atoms with van der Waals surface area (Å²) >= 11 is 0. The van der Waals surface area contributed by atoms with E-state index in [9.17, 15) is 4.79 Å². The zero-order valence-electron chi connectivity index (χ0n) is 15.1. The molecule has 0 heterocycles. The molecule has 0 bridgehead atoms. The first-order chi connectivity index (χ1) is 12.1. The monoisotopic (exact) mass is 338 g/mol. The van der Waals surface area contributed by atoms with Crippen molar-refractivity contribution in [1.29, 1.82) is 0 Å². The lowest BCUT2D eigenvalue weighted by atomic mass is 10.1. The number of nitrogens with one attached hydrogen (secondary N) is 2. The Labute approximate surface area is 149 Å². The lowest BCUT2D eigenvalue weighted by molar-refractivity contribution is -0.115. The third-order valence-electron chi connectivity index (χ3n) is 3.86. The van der Waals surface area contributed by atoms with Gasteiger partial charge in [-0.1, -0.05) is 49.4 Å². The fourth-order valence-corrected chi connectivity index (χ4v) is 2.55. The van der Waals surface area contributed by atoms with Gasteiger partial charge in [-0.3, -0.25) is 9.79 Å². The van der Waals surface area contributed by atoms with Gasteiger partial charge in [0, 0.05) is 26.3 Å². The molecule has 0 spiro atoms. The molecule has 0 saturated carbocycles. The molecule has 0 atom stereocenters. The molecular weight excluding hydrogens is 312 g/mol. The topological polar surface area (TPSA) is 56.7 Å². The summed E-state index contributed by atoms with van der Waals surface area (Å²) in [4.78, 5) is 18.4. The Bertz CT molecular complexity index is 713. The van der Waals surface area contributed by atoms with E-state index in [0.717, 1.165) is 18.7 Å². The van der Waals surface area contributed by atoms with Crippen LogP contribution in [0.1, 0.15) is 18.1 Å². The van der Waals surface area contributed by atoms with E-state index in [1.165, 1.54) is 11.1 Å². The van der Waals surface area contributed by atoms with E-state index in [0.29, 0.717) is 5.96 Å². The summed E-state index contributed by atoms with van der Waals surface area (Å²) in [6.45, 7) is 2.98. The molecule has 0 aliphatic heterocycles. The highest BCUT2D eigenvalue weighted by atomic mass is 16.1. The molecule has 0 fully saturated rings. The molecule has 0 saturated heterocycles. The number of benzene rings is 2. The van der Waals surface area contributed by atoms with Crippen molar-refractivity contribution in [2.24, 2.45) is 4.99 Å². The second kappa shape index (κ2) is 9.47. The number of rotatable bonds is 6.